The summed E-state index contributed by atoms with van der Waals surface area (Å²) in [6.07, 6.45) is 6.65. The van der Waals surface area contributed by atoms with E-state index in [1.165, 1.54) is 23.3 Å². The van der Waals surface area contributed by atoms with Crippen molar-refractivity contribution in [2.45, 2.75) is 68.9 Å². The van der Waals surface area contributed by atoms with Crippen LogP contribution in [-0.4, -0.2) is 24.8 Å². The Labute approximate surface area is 231 Å². The molecule has 5 nitrogen and oxygen atoms in total. The SMILES string of the molecule is C[C@]12C[C@H](c3ccc(OS(=O)(=O)C(F)(F)F)cc3)C3=C4CCC(=O)C=C4CC[C@H]3[C@@H]1CC[C@@]2(O)c1ccccc1. The summed E-state index contributed by atoms with van der Waals surface area (Å²) in [6, 6.07) is 15.5. The van der Waals surface area contributed by atoms with E-state index in [9.17, 15) is 31.5 Å². The largest absolute Gasteiger partial charge is 0.534 e. The predicted molar refractivity (Wildman–Crippen MR) is 143 cm³/mol. The van der Waals surface area contributed by atoms with Gasteiger partial charge in [-0.15, -0.1) is 0 Å². The van der Waals surface area contributed by atoms with Gasteiger partial charge in [0, 0.05) is 17.8 Å². The highest BCUT2D eigenvalue weighted by molar-refractivity contribution is 7.88. The van der Waals surface area contributed by atoms with Gasteiger partial charge in [0.2, 0.25) is 0 Å². The quantitative estimate of drug-likeness (QED) is 0.326. The summed E-state index contributed by atoms with van der Waals surface area (Å²) >= 11 is 0. The van der Waals surface area contributed by atoms with Crippen molar-refractivity contribution in [3.63, 3.8) is 0 Å². The number of carbonyl (C=O) groups is 1. The van der Waals surface area contributed by atoms with Crippen molar-refractivity contribution in [2.24, 2.45) is 17.3 Å². The Kier molecular flexibility index (Phi) is 6.35. The van der Waals surface area contributed by atoms with Gasteiger partial charge in [-0.1, -0.05) is 55.0 Å². The van der Waals surface area contributed by atoms with Crippen molar-refractivity contribution in [3.8, 4) is 5.75 Å². The van der Waals surface area contributed by atoms with Gasteiger partial charge in [-0.2, -0.15) is 21.6 Å². The highest BCUT2D eigenvalue weighted by Crippen LogP contribution is 2.69. The van der Waals surface area contributed by atoms with Crippen LogP contribution in [0.2, 0.25) is 0 Å². The predicted octanol–water partition coefficient (Wildman–Crippen LogP) is 6.70. The molecule has 0 radical (unpaired) electrons. The normalized spacial score (nSPS) is 32.2. The maximum Gasteiger partial charge on any atom is 0.534 e. The first-order valence-corrected chi connectivity index (χ1v) is 15.1. The van der Waals surface area contributed by atoms with Crippen LogP contribution in [0.15, 0.2) is 77.4 Å². The van der Waals surface area contributed by atoms with Crippen molar-refractivity contribution in [1.29, 1.82) is 0 Å². The average molecular weight is 573 g/mol. The van der Waals surface area contributed by atoms with Crippen molar-refractivity contribution in [1.82, 2.24) is 0 Å². The fourth-order valence-corrected chi connectivity index (χ4v) is 8.54. The van der Waals surface area contributed by atoms with Gasteiger partial charge in [-0.05, 0) is 90.8 Å². The molecule has 212 valence electrons. The Hall–Kier alpha value is -2.91. The Morgan fingerprint density at radius 1 is 0.975 bits per heavy atom. The van der Waals surface area contributed by atoms with Gasteiger partial charge in [0.1, 0.15) is 5.75 Å². The van der Waals surface area contributed by atoms with Gasteiger partial charge in [0.25, 0.3) is 0 Å². The molecule has 40 heavy (non-hydrogen) atoms. The molecule has 5 atom stereocenters. The molecule has 0 unspecified atom stereocenters. The molecule has 2 saturated carbocycles. The van der Waals surface area contributed by atoms with Crippen molar-refractivity contribution in [2.75, 3.05) is 0 Å². The number of hydrogen-bond acceptors (Lipinski definition) is 5. The number of hydrogen-bond donors (Lipinski definition) is 1. The average Bonchev–Trinajstić information content (AvgIpc) is 3.19. The van der Waals surface area contributed by atoms with Gasteiger partial charge in [0.05, 0.1) is 5.60 Å². The molecule has 0 spiro atoms. The number of ketones is 1. The van der Waals surface area contributed by atoms with Crippen LogP contribution in [0.25, 0.3) is 0 Å². The summed E-state index contributed by atoms with van der Waals surface area (Å²) in [7, 11) is -5.78. The molecule has 2 aromatic rings. The molecule has 0 aliphatic heterocycles. The van der Waals surface area contributed by atoms with Crippen LogP contribution in [0.5, 0.6) is 5.75 Å². The molecule has 0 amide bonds. The molecular weight excluding hydrogens is 541 g/mol. The van der Waals surface area contributed by atoms with Gasteiger partial charge in [-0.25, -0.2) is 0 Å². The zero-order valence-corrected chi connectivity index (χ0v) is 22.9. The summed E-state index contributed by atoms with van der Waals surface area (Å²) in [6.45, 7) is 2.16. The fraction of sp³-hybridized carbons (Fsp3) is 0.452. The van der Waals surface area contributed by atoms with E-state index in [-0.39, 0.29) is 23.5 Å². The molecule has 9 heteroatoms. The third-order valence-electron chi connectivity index (χ3n) is 9.91. The first-order chi connectivity index (χ1) is 18.8. The van der Waals surface area contributed by atoms with E-state index in [0.29, 0.717) is 25.7 Å². The zero-order valence-electron chi connectivity index (χ0n) is 22.1. The summed E-state index contributed by atoms with van der Waals surface area (Å²) < 4.78 is 66.0. The van der Waals surface area contributed by atoms with E-state index in [2.05, 4.69) is 11.1 Å². The smallest absolute Gasteiger partial charge is 0.385 e. The molecule has 0 saturated heterocycles. The lowest BCUT2D eigenvalue weighted by Gasteiger charge is -2.55. The number of aliphatic hydroxyl groups is 1. The first kappa shape index (κ1) is 27.3. The van der Waals surface area contributed by atoms with Gasteiger partial charge < -0.3 is 9.29 Å². The molecule has 2 fully saturated rings. The van der Waals surface area contributed by atoms with Crippen LogP contribution in [0, 0.1) is 17.3 Å². The minimum absolute atomic E-state index is 0.127. The minimum atomic E-state index is -5.78. The molecule has 1 N–H and O–H groups in total. The lowest BCUT2D eigenvalue weighted by Crippen LogP contribution is -2.50. The van der Waals surface area contributed by atoms with Crippen LogP contribution in [0.4, 0.5) is 13.2 Å². The molecular formula is C31H31F3O5S. The van der Waals surface area contributed by atoms with Gasteiger partial charge >= 0.3 is 15.6 Å². The third-order valence-corrected chi connectivity index (χ3v) is 10.9. The van der Waals surface area contributed by atoms with Crippen LogP contribution < -0.4 is 4.18 Å². The summed E-state index contributed by atoms with van der Waals surface area (Å²) in [5.41, 5.74) is -1.79. The molecule has 2 aromatic carbocycles. The van der Waals surface area contributed by atoms with E-state index in [1.807, 2.05) is 30.3 Å². The molecule has 4 aliphatic carbocycles. The molecule has 6 rings (SSSR count). The molecule has 0 bridgehead atoms. The second-order valence-electron chi connectivity index (χ2n) is 11.8. The standard InChI is InChI=1S/C31H31F3O5S/c1-29-18-26(19-7-11-23(12-8-19)39-40(37,38)31(32,33)34)28-24-14-10-22(35)17-20(24)9-13-25(28)27(29)15-16-30(29,36)21-5-3-2-4-6-21/h2-8,11-12,17,25-27,36H,9-10,13-16,18H2,1H3/t25-,26+,27-,29-,30+/m0/s1. The number of carbonyl (C=O) groups excluding carboxylic acids is 1. The number of allylic oxidation sites excluding steroid dienone is 4. The Bertz CT molecular complexity index is 1510. The Morgan fingerprint density at radius 2 is 1.68 bits per heavy atom. The van der Waals surface area contributed by atoms with Crippen molar-refractivity contribution in [3.05, 3.63) is 88.5 Å². The highest BCUT2D eigenvalue weighted by atomic mass is 32.2. The Morgan fingerprint density at radius 3 is 2.35 bits per heavy atom. The van der Waals surface area contributed by atoms with Gasteiger partial charge in [0.15, 0.2) is 5.78 Å². The molecule has 0 heterocycles. The van der Waals surface area contributed by atoms with Crippen LogP contribution in [0.1, 0.15) is 68.9 Å². The number of rotatable bonds is 4. The third kappa shape index (κ3) is 4.15. The maximum atomic E-state index is 12.9. The fourth-order valence-electron chi connectivity index (χ4n) is 8.08. The minimum Gasteiger partial charge on any atom is -0.385 e. The van der Waals surface area contributed by atoms with E-state index in [4.69, 9.17) is 0 Å². The Balaban J connectivity index is 1.45. The first-order valence-electron chi connectivity index (χ1n) is 13.7. The van der Waals surface area contributed by atoms with E-state index in [0.717, 1.165) is 36.0 Å². The lowest BCUT2D eigenvalue weighted by atomic mass is 9.50. The van der Waals surface area contributed by atoms with Crippen LogP contribution in [0.3, 0.4) is 0 Å². The summed E-state index contributed by atoms with van der Waals surface area (Å²) in [4.78, 5) is 12.3. The number of alkyl halides is 3. The monoisotopic (exact) mass is 572 g/mol. The topological polar surface area (TPSA) is 80.7 Å². The van der Waals surface area contributed by atoms with Crippen LogP contribution >= 0.6 is 0 Å². The van der Waals surface area contributed by atoms with Crippen molar-refractivity contribution >= 4 is 15.9 Å². The van der Waals surface area contributed by atoms with E-state index >= 15 is 0 Å². The number of fused-ring (bicyclic) bond motifs is 4. The van der Waals surface area contributed by atoms with Crippen LogP contribution in [-0.2, 0) is 20.5 Å². The summed E-state index contributed by atoms with van der Waals surface area (Å²) in [5, 5.41) is 12.3. The van der Waals surface area contributed by atoms with Crippen molar-refractivity contribution < 1.29 is 35.7 Å². The number of benzene rings is 2. The number of halogens is 3. The second-order valence-corrected chi connectivity index (χ2v) is 13.4. The molecule has 4 aliphatic rings. The maximum absolute atomic E-state index is 12.9. The summed E-state index contributed by atoms with van der Waals surface area (Å²) in [5.74, 6) is -0.00989. The van der Waals surface area contributed by atoms with Gasteiger partial charge in [-0.3, -0.25) is 4.79 Å². The second kappa shape index (κ2) is 9.31. The van der Waals surface area contributed by atoms with E-state index in [1.54, 1.807) is 18.2 Å². The van der Waals surface area contributed by atoms with E-state index < -0.39 is 32.4 Å². The zero-order chi connectivity index (χ0) is 28.5. The highest BCUT2D eigenvalue weighted by Gasteiger charge is 2.63. The molecule has 0 aromatic heterocycles. The lowest BCUT2D eigenvalue weighted by molar-refractivity contribution is -0.114.